The zero-order valence-corrected chi connectivity index (χ0v) is 41.6. The van der Waals surface area contributed by atoms with Crippen molar-refractivity contribution in [3.05, 3.63) is 25.3 Å². The third-order valence-corrected chi connectivity index (χ3v) is 11.8. The third-order valence-electron chi connectivity index (χ3n) is 11.8. The van der Waals surface area contributed by atoms with Crippen LogP contribution in [0.15, 0.2) is 25.3 Å². The topological polar surface area (TPSA) is 191 Å². The van der Waals surface area contributed by atoms with E-state index in [1.807, 2.05) is 5.32 Å². The van der Waals surface area contributed by atoms with Crippen LogP contribution in [-0.2, 0) is 57.0 Å². The zero-order chi connectivity index (χ0) is 51.6. The lowest BCUT2D eigenvalue weighted by molar-refractivity contribution is -0.371. The van der Waals surface area contributed by atoms with Crippen molar-refractivity contribution in [3.63, 3.8) is 0 Å². The van der Waals surface area contributed by atoms with Gasteiger partial charge in [-0.1, -0.05) is 90.2 Å². The Hall–Kier alpha value is -2.55. The van der Waals surface area contributed by atoms with Crippen molar-refractivity contribution < 1.29 is 98.2 Å². The number of rotatable bonds is 31. The molecule has 3 saturated heterocycles. The molecule has 3 heterocycles. The number of ether oxygens (including phenoxy) is 10. The number of aliphatic hydroxyl groups is 2. The summed E-state index contributed by atoms with van der Waals surface area (Å²) in [6.07, 6.45) is -2.74. The highest BCUT2D eigenvalue weighted by Gasteiger charge is 2.55. The number of fused-ring (bicyclic) bond motifs is 1. The molecule has 412 valence electrons. The lowest BCUT2D eigenvalue weighted by atomic mass is 9.94. The molecule has 0 radical (unpaired) electrons. The molecule has 3 aliphatic rings. The quantitative estimate of drug-likeness (QED) is 0.0319. The number of alkyl halides is 6. The van der Waals surface area contributed by atoms with Crippen LogP contribution >= 0.6 is 0 Å². The molecule has 3 rings (SSSR count). The van der Waals surface area contributed by atoms with Gasteiger partial charge in [0.1, 0.15) is 48.7 Å². The Balaban J connectivity index is 0.000000693. The number of unbranched alkanes of at least 4 members (excludes halogenated alkanes) is 8. The van der Waals surface area contributed by atoms with Crippen LogP contribution in [0.2, 0.25) is 0 Å². The van der Waals surface area contributed by atoms with Gasteiger partial charge in [0.15, 0.2) is 18.4 Å². The van der Waals surface area contributed by atoms with Gasteiger partial charge in [-0.2, -0.15) is 26.3 Å². The molecule has 10 unspecified atom stereocenters. The molecule has 3 aliphatic heterocycles. The van der Waals surface area contributed by atoms with E-state index in [1.165, 1.54) is 37.8 Å². The Bertz CT molecular complexity index is 1450. The van der Waals surface area contributed by atoms with E-state index in [0.29, 0.717) is 12.8 Å². The number of carbonyl (C=O) groups is 2. The summed E-state index contributed by atoms with van der Waals surface area (Å²) in [6, 6.07) is -2.74. The van der Waals surface area contributed by atoms with E-state index in [4.69, 9.17) is 47.4 Å². The van der Waals surface area contributed by atoms with Gasteiger partial charge >= 0.3 is 24.2 Å². The van der Waals surface area contributed by atoms with Gasteiger partial charge in [0, 0.05) is 27.4 Å². The summed E-state index contributed by atoms with van der Waals surface area (Å²) in [7, 11) is 3.21. The van der Waals surface area contributed by atoms with E-state index in [-0.39, 0.29) is 49.9 Å². The fourth-order valence-corrected chi connectivity index (χ4v) is 8.06. The second-order valence-corrected chi connectivity index (χ2v) is 17.7. The van der Waals surface area contributed by atoms with Gasteiger partial charge < -0.3 is 68.2 Å². The molecule has 0 aromatic rings. The summed E-state index contributed by atoms with van der Waals surface area (Å²) < 4.78 is 135. The highest BCUT2D eigenvalue weighted by molar-refractivity contribution is 5.82. The van der Waals surface area contributed by atoms with Gasteiger partial charge in [-0.05, 0) is 39.5 Å². The number of aliphatic hydroxyl groups excluding tert-OH is 2. The van der Waals surface area contributed by atoms with Crippen molar-refractivity contribution in [2.45, 2.75) is 209 Å². The van der Waals surface area contributed by atoms with E-state index in [2.05, 4.69) is 27.0 Å². The first-order chi connectivity index (χ1) is 32.7. The first-order valence-electron chi connectivity index (χ1n) is 24.1. The van der Waals surface area contributed by atoms with E-state index in [0.717, 1.165) is 51.4 Å². The summed E-state index contributed by atoms with van der Waals surface area (Å²) in [4.78, 5) is 23.5. The van der Waals surface area contributed by atoms with E-state index < -0.39 is 97.8 Å². The normalized spacial score (nSPS) is 27.4. The Morgan fingerprint density at radius 3 is 1.59 bits per heavy atom. The summed E-state index contributed by atoms with van der Waals surface area (Å²) >= 11 is 0. The maximum atomic E-state index is 13.1. The smallest absolute Gasteiger partial charge is 0.394 e. The van der Waals surface area contributed by atoms with Crippen LogP contribution in [0.25, 0.3) is 0 Å². The zero-order valence-electron chi connectivity index (χ0n) is 41.6. The molecular weight excluding hydrogens is 950 g/mol. The maximum Gasteiger partial charge on any atom is 0.471 e. The average Bonchev–Trinajstić information content (AvgIpc) is 3.30. The first kappa shape index (κ1) is 65.5. The third kappa shape index (κ3) is 23.1. The molecular formula is C47H81F7N2O14. The minimum atomic E-state index is -5.15. The number of hydrogen-bond acceptors (Lipinski definition) is 14. The number of carbonyl (C=O) groups excluding carboxylic acids is 2. The number of methoxy groups -OCH3 is 2. The van der Waals surface area contributed by atoms with Crippen molar-refractivity contribution in [2.75, 3.05) is 53.9 Å². The Labute approximate surface area is 408 Å². The monoisotopic (exact) mass is 1030 g/mol. The Kier molecular flexibility index (Phi) is 31.8. The Morgan fingerprint density at radius 2 is 1.16 bits per heavy atom. The minimum Gasteiger partial charge on any atom is -0.394 e. The molecule has 12 atom stereocenters. The summed E-state index contributed by atoms with van der Waals surface area (Å²) in [6.45, 7) is 14.4. The molecule has 0 spiro atoms. The molecule has 0 bridgehead atoms. The average molecular weight is 1030 g/mol. The molecule has 0 aromatic heterocycles. The number of amides is 2. The number of nitrogens with one attached hydrogen (secondary N) is 2. The van der Waals surface area contributed by atoms with Crippen molar-refractivity contribution in [1.82, 2.24) is 10.6 Å². The molecule has 23 heteroatoms. The lowest BCUT2D eigenvalue weighted by Crippen LogP contribution is -2.69. The summed E-state index contributed by atoms with van der Waals surface area (Å²) in [5.41, 5.74) is 0. The number of halogens is 7. The SMILES string of the molecule is C=CCOC1O[C@@H]2COC(C)(C)OC2C(OCCC(CCCCCCC)OC)C1NC(=O)C(F)(F)F.C=CCOC1O[C@H](CO)C(O)C(OCCC(CCCCCCC)OC)C1NC(=O)C(F)(F)F.F. The fraction of sp³-hybridized carbons (Fsp3) is 0.872. The fourth-order valence-electron chi connectivity index (χ4n) is 8.06. The number of hydrogen-bond donors (Lipinski definition) is 4. The van der Waals surface area contributed by atoms with E-state index in [9.17, 15) is 46.1 Å². The predicted molar refractivity (Wildman–Crippen MR) is 243 cm³/mol. The van der Waals surface area contributed by atoms with Gasteiger partial charge in [-0.25, -0.2) is 0 Å². The molecule has 0 saturated carbocycles. The van der Waals surface area contributed by atoms with Crippen molar-refractivity contribution in [2.24, 2.45) is 0 Å². The van der Waals surface area contributed by atoms with Gasteiger partial charge in [0.25, 0.3) is 0 Å². The van der Waals surface area contributed by atoms with Gasteiger partial charge in [-0.15, -0.1) is 13.2 Å². The molecule has 2 amide bonds. The molecule has 3 fully saturated rings. The van der Waals surface area contributed by atoms with E-state index in [1.54, 1.807) is 33.4 Å². The van der Waals surface area contributed by atoms with Crippen molar-refractivity contribution >= 4 is 11.8 Å². The van der Waals surface area contributed by atoms with Crippen LogP contribution in [0, 0.1) is 0 Å². The first-order valence-corrected chi connectivity index (χ1v) is 24.1. The van der Waals surface area contributed by atoms with Crippen LogP contribution in [0.5, 0.6) is 0 Å². The van der Waals surface area contributed by atoms with Crippen molar-refractivity contribution in [1.29, 1.82) is 0 Å². The van der Waals surface area contributed by atoms with Gasteiger partial charge in [0.05, 0.1) is 38.6 Å². The summed E-state index contributed by atoms with van der Waals surface area (Å²) in [5, 5.41) is 23.9. The van der Waals surface area contributed by atoms with E-state index >= 15 is 0 Å². The maximum absolute atomic E-state index is 13.1. The van der Waals surface area contributed by atoms with Gasteiger partial charge in [-0.3, -0.25) is 14.3 Å². The molecule has 70 heavy (non-hydrogen) atoms. The van der Waals surface area contributed by atoms with Crippen LogP contribution in [0.3, 0.4) is 0 Å². The lowest BCUT2D eigenvalue weighted by Gasteiger charge is -2.51. The highest BCUT2D eigenvalue weighted by Crippen LogP contribution is 2.35. The molecule has 4 N–H and O–H groups in total. The predicted octanol–water partition coefficient (Wildman–Crippen LogP) is 6.88. The minimum absolute atomic E-state index is 0. The van der Waals surface area contributed by atoms with Crippen LogP contribution in [-0.4, -0.2) is 168 Å². The van der Waals surface area contributed by atoms with Crippen LogP contribution in [0.1, 0.15) is 118 Å². The van der Waals surface area contributed by atoms with Gasteiger partial charge in [0.2, 0.25) is 0 Å². The summed E-state index contributed by atoms with van der Waals surface area (Å²) in [5.74, 6) is -5.33. The molecule has 0 aromatic carbocycles. The Morgan fingerprint density at radius 1 is 0.714 bits per heavy atom. The largest absolute Gasteiger partial charge is 0.471 e. The second-order valence-electron chi connectivity index (χ2n) is 17.7. The van der Waals surface area contributed by atoms with Crippen LogP contribution in [0.4, 0.5) is 31.0 Å². The van der Waals surface area contributed by atoms with Crippen molar-refractivity contribution in [3.8, 4) is 0 Å². The molecule has 16 nitrogen and oxygen atoms in total. The standard InChI is InChI=1S/C25H42F3NO7.C22H38F3NO7.FH/c1-6-8-9-10-11-12-17(31-5)13-15-32-21-19(29-23(30)25(26,27)28)22(33-14-7-2)35-18-16-34-24(3,4)36-20(18)21;1-4-6-7-8-9-10-15(30-3)11-13-31-19-17(26-21(29)22(23,24)25)20(32-12-5-2)33-16(14-27)18(19)28;/h7,17-22H,2,6,8-16H2,1,3-5H3,(H,29,30);5,15-20,27-28H,2,4,6-14H2,1,3H3,(H,26,29);1H/t17?,18-,19?,20?,21?,22?;15?,16-,17?,18?,19?,20?;/m11./s1. The van der Waals surface area contributed by atoms with Crippen LogP contribution < -0.4 is 10.6 Å². The molecule has 0 aliphatic carbocycles. The highest BCUT2D eigenvalue weighted by atomic mass is 19.4. The second kappa shape index (κ2) is 34.0.